The molecule has 3 aromatic rings. The maximum atomic E-state index is 12.4. The lowest BCUT2D eigenvalue weighted by molar-refractivity contribution is -0.134. The number of oxazole rings is 1. The smallest absolute Gasteiger partial charge is 0.338 e. The van der Waals surface area contributed by atoms with Crippen molar-refractivity contribution in [2.24, 2.45) is 0 Å². The van der Waals surface area contributed by atoms with Gasteiger partial charge in [0.1, 0.15) is 11.3 Å². The lowest BCUT2D eigenvalue weighted by Crippen LogP contribution is -2.49. The van der Waals surface area contributed by atoms with Gasteiger partial charge in [-0.2, -0.15) is 0 Å². The Morgan fingerprint density at radius 3 is 2.55 bits per heavy atom. The molecule has 0 atom stereocenters. The number of carbonyl (C=O) groups excluding carboxylic acids is 2. The van der Waals surface area contributed by atoms with Crippen LogP contribution in [0.2, 0.25) is 0 Å². The average molecular weight is 395 g/mol. The number of nitrogens with zero attached hydrogens (tertiary/aromatic N) is 3. The summed E-state index contributed by atoms with van der Waals surface area (Å²) in [6, 6.07) is 12.7. The molecular weight excluding hydrogens is 374 g/mol. The van der Waals surface area contributed by atoms with Crippen molar-refractivity contribution in [3.8, 4) is 5.75 Å². The van der Waals surface area contributed by atoms with Crippen LogP contribution in [0, 0.1) is 0 Å². The molecular formula is C21H21N3O5. The SMILES string of the molecule is COc1ccc(N2CCN(C(=O)COC(=O)c3ccc4ocnc4c3)CC2)cc1. The van der Waals surface area contributed by atoms with Gasteiger partial charge in [-0.15, -0.1) is 0 Å². The standard InChI is InChI=1S/C21H21N3O5/c1-27-17-5-3-16(4-6-17)23-8-10-24(11-9-23)20(25)13-28-21(26)15-2-7-19-18(12-15)22-14-29-19/h2-7,12,14H,8-11,13H2,1H3. The molecule has 1 fully saturated rings. The van der Waals surface area contributed by atoms with E-state index >= 15 is 0 Å². The summed E-state index contributed by atoms with van der Waals surface area (Å²) in [5, 5.41) is 0. The highest BCUT2D eigenvalue weighted by atomic mass is 16.5. The molecule has 8 nitrogen and oxygen atoms in total. The number of hydrogen-bond donors (Lipinski definition) is 0. The normalized spacial score (nSPS) is 14.1. The van der Waals surface area contributed by atoms with Crippen molar-refractivity contribution in [2.75, 3.05) is 44.8 Å². The summed E-state index contributed by atoms with van der Waals surface area (Å²) in [5.74, 6) is 0.0578. The molecule has 0 unspecified atom stereocenters. The fraction of sp³-hybridized carbons (Fsp3) is 0.286. The van der Waals surface area contributed by atoms with Crippen molar-refractivity contribution in [2.45, 2.75) is 0 Å². The zero-order valence-corrected chi connectivity index (χ0v) is 16.0. The summed E-state index contributed by atoms with van der Waals surface area (Å²) < 4.78 is 15.5. The highest BCUT2D eigenvalue weighted by Gasteiger charge is 2.22. The highest BCUT2D eigenvalue weighted by Crippen LogP contribution is 2.20. The van der Waals surface area contributed by atoms with Gasteiger partial charge in [0.25, 0.3) is 5.91 Å². The van der Waals surface area contributed by atoms with E-state index in [1.54, 1.807) is 30.2 Å². The predicted octanol–water partition coefficient (Wildman–Crippen LogP) is 2.34. The predicted molar refractivity (Wildman–Crippen MR) is 106 cm³/mol. The number of anilines is 1. The Morgan fingerprint density at radius 2 is 1.83 bits per heavy atom. The average Bonchev–Trinajstić information content (AvgIpc) is 3.25. The van der Waals surface area contributed by atoms with E-state index in [9.17, 15) is 9.59 Å². The maximum absolute atomic E-state index is 12.4. The molecule has 2 aromatic carbocycles. The van der Waals surface area contributed by atoms with Gasteiger partial charge in [0.05, 0.1) is 12.7 Å². The van der Waals surface area contributed by atoms with Crippen molar-refractivity contribution in [1.82, 2.24) is 9.88 Å². The van der Waals surface area contributed by atoms with E-state index in [1.165, 1.54) is 6.39 Å². The Bertz CT molecular complexity index is 1010. The summed E-state index contributed by atoms with van der Waals surface area (Å²) in [7, 11) is 1.64. The summed E-state index contributed by atoms with van der Waals surface area (Å²) in [6.07, 6.45) is 1.31. The van der Waals surface area contributed by atoms with Crippen molar-refractivity contribution in [1.29, 1.82) is 0 Å². The van der Waals surface area contributed by atoms with Gasteiger partial charge in [-0.1, -0.05) is 0 Å². The Hall–Kier alpha value is -3.55. The van der Waals surface area contributed by atoms with E-state index in [1.807, 2.05) is 24.3 Å². The first-order chi connectivity index (χ1) is 14.1. The van der Waals surface area contributed by atoms with Crippen molar-refractivity contribution in [3.05, 3.63) is 54.4 Å². The first kappa shape index (κ1) is 18.8. The number of methoxy groups -OCH3 is 1. The van der Waals surface area contributed by atoms with Crippen LogP contribution in [-0.2, 0) is 9.53 Å². The van der Waals surface area contributed by atoms with Crippen LogP contribution < -0.4 is 9.64 Å². The number of aromatic nitrogens is 1. The van der Waals surface area contributed by atoms with Crippen LogP contribution in [0.5, 0.6) is 5.75 Å². The molecule has 1 aliphatic heterocycles. The van der Waals surface area contributed by atoms with Gasteiger partial charge in [-0.05, 0) is 42.5 Å². The molecule has 2 heterocycles. The van der Waals surface area contributed by atoms with Gasteiger partial charge in [-0.3, -0.25) is 4.79 Å². The zero-order valence-electron chi connectivity index (χ0n) is 16.0. The number of hydrogen-bond acceptors (Lipinski definition) is 7. The molecule has 1 aromatic heterocycles. The Labute approximate surface area is 167 Å². The number of esters is 1. The molecule has 0 N–H and O–H groups in total. The fourth-order valence-corrected chi connectivity index (χ4v) is 3.29. The molecule has 0 saturated carbocycles. The lowest BCUT2D eigenvalue weighted by Gasteiger charge is -2.36. The number of piperazine rings is 1. The number of carbonyl (C=O) groups is 2. The number of benzene rings is 2. The van der Waals surface area contributed by atoms with Crippen molar-refractivity contribution in [3.63, 3.8) is 0 Å². The lowest BCUT2D eigenvalue weighted by atomic mass is 10.2. The third-order valence-electron chi connectivity index (χ3n) is 4.96. The molecule has 150 valence electrons. The molecule has 8 heteroatoms. The molecule has 1 amide bonds. The van der Waals surface area contributed by atoms with Gasteiger partial charge in [0.15, 0.2) is 18.6 Å². The third-order valence-corrected chi connectivity index (χ3v) is 4.96. The molecule has 0 bridgehead atoms. The van der Waals surface area contributed by atoms with Crippen LogP contribution in [0.4, 0.5) is 5.69 Å². The minimum Gasteiger partial charge on any atom is -0.497 e. The summed E-state index contributed by atoms with van der Waals surface area (Å²) in [6.45, 7) is 2.31. The van der Waals surface area contributed by atoms with Crippen LogP contribution in [0.3, 0.4) is 0 Å². The van der Waals surface area contributed by atoms with Gasteiger partial charge in [0.2, 0.25) is 0 Å². The van der Waals surface area contributed by atoms with E-state index in [0.717, 1.165) is 24.5 Å². The van der Waals surface area contributed by atoms with Crippen LogP contribution >= 0.6 is 0 Å². The van der Waals surface area contributed by atoms with E-state index in [4.69, 9.17) is 13.9 Å². The summed E-state index contributed by atoms with van der Waals surface area (Å²) >= 11 is 0. The second-order valence-corrected chi connectivity index (χ2v) is 6.68. The Kier molecular flexibility index (Phi) is 5.33. The second kappa shape index (κ2) is 8.22. The number of fused-ring (bicyclic) bond motifs is 1. The van der Waals surface area contributed by atoms with E-state index in [-0.39, 0.29) is 12.5 Å². The molecule has 1 saturated heterocycles. The highest BCUT2D eigenvalue weighted by molar-refractivity contribution is 5.94. The molecule has 0 spiro atoms. The summed E-state index contributed by atoms with van der Waals surface area (Å²) in [5.41, 5.74) is 2.59. The summed E-state index contributed by atoms with van der Waals surface area (Å²) in [4.78, 5) is 32.6. The monoisotopic (exact) mass is 395 g/mol. The second-order valence-electron chi connectivity index (χ2n) is 6.68. The number of amides is 1. The Balaban J connectivity index is 1.27. The van der Waals surface area contributed by atoms with Gasteiger partial charge >= 0.3 is 5.97 Å². The third kappa shape index (κ3) is 4.16. The molecule has 4 rings (SSSR count). The first-order valence-electron chi connectivity index (χ1n) is 9.31. The van der Waals surface area contributed by atoms with Crippen LogP contribution in [-0.4, -0.2) is 61.7 Å². The molecule has 0 aliphatic carbocycles. The van der Waals surface area contributed by atoms with Gasteiger partial charge in [-0.25, -0.2) is 9.78 Å². The quantitative estimate of drug-likeness (QED) is 0.613. The largest absolute Gasteiger partial charge is 0.497 e. The van der Waals surface area contributed by atoms with Crippen LogP contribution in [0.1, 0.15) is 10.4 Å². The van der Waals surface area contributed by atoms with Gasteiger partial charge in [0, 0.05) is 31.9 Å². The van der Waals surface area contributed by atoms with E-state index < -0.39 is 5.97 Å². The maximum Gasteiger partial charge on any atom is 0.338 e. The van der Waals surface area contributed by atoms with Crippen LogP contribution in [0.15, 0.2) is 53.3 Å². The van der Waals surface area contributed by atoms with E-state index in [2.05, 4.69) is 9.88 Å². The minimum absolute atomic E-state index is 0.199. The van der Waals surface area contributed by atoms with E-state index in [0.29, 0.717) is 29.8 Å². The van der Waals surface area contributed by atoms with Crippen LogP contribution in [0.25, 0.3) is 11.1 Å². The Morgan fingerprint density at radius 1 is 1.07 bits per heavy atom. The zero-order chi connectivity index (χ0) is 20.2. The van der Waals surface area contributed by atoms with Crippen molar-refractivity contribution >= 4 is 28.7 Å². The minimum atomic E-state index is -0.555. The molecule has 0 radical (unpaired) electrons. The fourth-order valence-electron chi connectivity index (χ4n) is 3.29. The topological polar surface area (TPSA) is 85.1 Å². The molecule has 29 heavy (non-hydrogen) atoms. The van der Waals surface area contributed by atoms with Crippen molar-refractivity contribution < 1.29 is 23.5 Å². The number of ether oxygens (including phenoxy) is 2. The number of rotatable bonds is 5. The first-order valence-corrected chi connectivity index (χ1v) is 9.31. The molecule has 1 aliphatic rings. The van der Waals surface area contributed by atoms with Gasteiger partial charge < -0.3 is 23.7 Å².